The van der Waals surface area contributed by atoms with Gasteiger partial charge in [-0.15, -0.1) is 0 Å². The van der Waals surface area contributed by atoms with Gasteiger partial charge in [0.05, 0.1) is 0 Å². The first-order valence-corrected chi connectivity index (χ1v) is 26.1. The number of hydrogen-bond acceptors (Lipinski definition) is 6. The van der Waals surface area contributed by atoms with Crippen LogP contribution in [0.3, 0.4) is 0 Å². The van der Waals surface area contributed by atoms with Crippen LogP contribution in [0.1, 0.15) is 265 Å². The molecule has 0 aliphatic heterocycles. The number of hydrogen-bond donors (Lipinski definition) is 0. The standard InChI is InChI=1S/C55H98O6/c1-4-7-10-13-16-19-22-25-26-27-28-29-30-31-34-36-39-42-45-48-54(57)60-51-52(61-55(58)49-46-43-40-37-33-24-21-18-15-12-9-6-3)50-59-53(56)47-44-41-38-35-32-23-20-17-14-11-8-5-2/h16,18-19,21,25-26,28-29,52H,4-15,17,20,22-24,27,30-51H2,1-3H3/b19-16-,21-18-,26-25-,29-28-/t52-/m1/s1. The summed E-state index contributed by atoms with van der Waals surface area (Å²) in [7, 11) is 0. The quantitative estimate of drug-likeness (QED) is 0.0263. The number of ether oxygens (including phenoxy) is 3. The number of unbranched alkanes of at least 4 members (excludes halogenated alkanes) is 28. The van der Waals surface area contributed by atoms with Gasteiger partial charge in [0.15, 0.2) is 6.10 Å². The van der Waals surface area contributed by atoms with E-state index in [1.807, 2.05) is 0 Å². The molecule has 0 N–H and O–H groups in total. The van der Waals surface area contributed by atoms with Crippen LogP contribution in [0.15, 0.2) is 48.6 Å². The highest BCUT2D eigenvalue weighted by atomic mass is 16.6. The van der Waals surface area contributed by atoms with E-state index >= 15 is 0 Å². The summed E-state index contributed by atoms with van der Waals surface area (Å²) in [6.45, 7) is 6.58. The van der Waals surface area contributed by atoms with Crippen LogP contribution in [0.25, 0.3) is 0 Å². The van der Waals surface area contributed by atoms with Gasteiger partial charge in [-0.05, 0) is 83.5 Å². The number of carbonyl (C=O) groups excluding carboxylic acids is 3. The Labute approximate surface area is 378 Å². The van der Waals surface area contributed by atoms with E-state index in [1.54, 1.807) is 0 Å². The summed E-state index contributed by atoms with van der Waals surface area (Å²) < 4.78 is 16.8. The Balaban J connectivity index is 4.35. The van der Waals surface area contributed by atoms with Crippen LogP contribution in [-0.4, -0.2) is 37.2 Å². The first kappa shape index (κ1) is 58.4. The molecule has 0 rings (SSSR count). The fourth-order valence-corrected chi connectivity index (χ4v) is 7.33. The first-order valence-electron chi connectivity index (χ1n) is 26.1. The summed E-state index contributed by atoms with van der Waals surface area (Å²) in [5.41, 5.74) is 0. The van der Waals surface area contributed by atoms with Gasteiger partial charge in [-0.25, -0.2) is 0 Å². The second-order valence-electron chi connectivity index (χ2n) is 17.4. The van der Waals surface area contributed by atoms with Crippen molar-refractivity contribution in [1.29, 1.82) is 0 Å². The predicted octanol–water partition coefficient (Wildman–Crippen LogP) is 17.1. The fourth-order valence-electron chi connectivity index (χ4n) is 7.33. The molecule has 0 aliphatic carbocycles. The van der Waals surface area contributed by atoms with E-state index in [0.717, 1.165) is 89.9 Å². The lowest BCUT2D eigenvalue weighted by Gasteiger charge is -2.18. The third-order valence-corrected chi connectivity index (χ3v) is 11.3. The van der Waals surface area contributed by atoms with Crippen molar-refractivity contribution in [3.8, 4) is 0 Å². The minimum absolute atomic E-state index is 0.0786. The normalized spacial score (nSPS) is 12.4. The molecule has 6 nitrogen and oxygen atoms in total. The number of allylic oxidation sites excluding steroid dienone is 8. The topological polar surface area (TPSA) is 78.9 Å². The van der Waals surface area contributed by atoms with Crippen LogP contribution in [-0.2, 0) is 28.6 Å². The van der Waals surface area contributed by atoms with E-state index in [0.29, 0.717) is 19.3 Å². The fraction of sp³-hybridized carbons (Fsp3) is 0.800. The Morgan fingerprint density at radius 3 is 0.967 bits per heavy atom. The Hall–Kier alpha value is -2.63. The highest BCUT2D eigenvalue weighted by Crippen LogP contribution is 2.15. The lowest BCUT2D eigenvalue weighted by Crippen LogP contribution is -2.30. The zero-order chi connectivity index (χ0) is 44.4. The van der Waals surface area contributed by atoms with Crippen molar-refractivity contribution in [2.45, 2.75) is 271 Å². The molecular weight excluding hydrogens is 757 g/mol. The molecule has 0 aromatic carbocycles. The van der Waals surface area contributed by atoms with Crippen molar-refractivity contribution in [1.82, 2.24) is 0 Å². The van der Waals surface area contributed by atoms with E-state index in [2.05, 4.69) is 69.4 Å². The molecule has 0 aromatic heterocycles. The molecule has 0 amide bonds. The van der Waals surface area contributed by atoms with Crippen molar-refractivity contribution in [3.63, 3.8) is 0 Å². The van der Waals surface area contributed by atoms with Gasteiger partial charge in [0.1, 0.15) is 13.2 Å². The number of carbonyl (C=O) groups is 3. The molecule has 0 saturated carbocycles. The van der Waals surface area contributed by atoms with E-state index < -0.39 is 6.10 Å². The van der Waals surface area contributed by atoms with Gasteiger partial charge in [-0.1, -0.05) is 211 Å². The molecule has 0 aromatic rings. The maximum atomic E-state index is 12.8. The van der Waals surface area contributed by atoms with Crippen LogP contribution < -0.4 is 0 Å². The van der Waals surface area contributed by atoms with E-state index in [-0.39, 0.29) is 31.1 Å². The molecule has 0 fully saturated rings. The van der Waals surface area contributed by atoms with Crippen LogP contribution >= 0.6 is 0 Å². The van der Waals surface area contributed by atoms with Crippen LogP contribution in [0.2, 0.25) is 0 Å². The monoisotopic (exact) mass is 855 g/mol. The molecule has 0 aliphatic rings. The average Bonchev–Trinajstić information content (AvgIpc) is 3.26. The molecule has 0 unspecified atom stereocenters. The maximum Gasteiger partial charge on any atom is 0.306 e. The summed E-state index contributed by atoms with van der Waals surface area (Å²) in [6.07, 6.45) is 59.4. The molecule has 0 bridgehead atoms. The maximum absolute atomic E-state index is 12.8. The highest BCUT2D eigenvalue weighted by molar-refractivity contribution is 5.71. The van der Waals surface area contributed by atoms with Crippen LogP contribution in [0.4, 0.5) is 0 Å². The van der Waals surface area contributed by atoms with Gasteiger partial charge >= 0.3 is 17.9 Å². The SMILES string of the molecule is CCCCC/C=C\C/C=C\C/C=C\CCCCCCCCC(=O)OC[C@@H](COC(=O)CCCCCCCCCCCCCC)OC(=O)CCCCCCC/C=C\CCCCC. The van der Waals surface area contributed by atoms with Crippen LogP contribution in [0.5, 0.6) is 0 Å². The van der Waals surface area contributed by atoms with E-state index in [1.165, 1.54) is 135 Å². The average molecular weight is 855 g/mol. The first-order chi connectivity index (χ1) is 30.0. The molecular formula is C55H98O6. The van der Waals surface area contributed by atoms with Crippen molar-refractivity contribution in [2.75, 3.05) is 13.2 Å². The molecule has 0 radical (unpaired) electrons. The molecule has 0 saturated heterocycles. The van der Waals surface area contributed by atoms with E-state index in [9.17, 15) is 14.4 Å². The van der Waals surface area contributed by atoms with E-state index in [4.69, 9.17) is 14.2 Å². The third-order valence-electron chi connectivity index (χ3n) is 11.3. The summed E-state index contributed by atoms with van der Waals surface area (Å²) in [6, 6.07) is 0. The molecule has 0 spiro atoms. The Bertz CT molecular complexity index is 1070. The van der Waals surface area contributed by atoms with Crippen molar-refractivity contribution in [3.05, 3.63) is 48.6 Å². The number of rotatable bonds is 47. The summed E-state index contributed by atoms with van der Waals surface area (Å²) in [5, 5.41) is 0. The molecule has 354 valence electrons. The van der Waals surface area contributed by atoms with Gasteiger partial charge in [-0.3, -0.25) is 14.4 Å². The Kier molecular flexibility index (Phi) is 47.9. The summed E-state index contributed by atoms with van der Waals surface area (Å²) in [5.74, 6) is -0.894. The minimum atomic E-state index is -0.779. The Morgan fingerprint density at radius 1 is 0.328 bits per heavy atom. The predicted molar refractivity (Wildman–Crippen MR) is 261 cm³/mol. The van der Waals surface area contributed by atoms with Crippen molar-refractivity contribution in [2.24, 2.45) is 0 Å². The van der Waals surface area contributed by atoms with Crippen LogP contribution in [0, 0.1) is 0 Å². The van der Waals surface area contributed by atoms with Crippen molar-refractivity contribution >= 4 is 17.9 Å². The molecule has 0 heterocycles. The zero-order valence-electron chi connectivity index (χ0n) is 40.4. The lowest BCUT2D eigenvalue weighted by molar-refractivity contribution is -0.167. The molecule has 6 heteroatoms. The number of esters is 3. The molecule has 1 atom stereocenters. The summed E-state index contributed by atoms with van der Waals surface area (Å²) >= 11 is 0. The second kappa shape index (κ2) is 50.0. The largest absolute Gasteiger partial charge is 0.462 e. The smallest absolute Gasteiger partial charge is 0.306 e. The minimum Gasteiger partial charge on any atom is -0.462 e. The zero-order valence-corrected chi connectivity index (χ0v) is 40.4. The van der Waals surface area contributed by atoms with Gasteiger partial charge in [-0.2, -0.15) is 0 Å². The Morgan fingerprint density at radius 2 is 0.590 bits per heavy atom. The van der Waals surface area contributed by atoms with Gasteiger partial charge in [0.25, 0.3) is 0 Å². The molecule has 61 heavy (non-hydrogen) atoms. The third kappa shape index (κ3) is 48.3. The van der Waals surface area contributed by atoms with Crippen molar-refractivity contribution < 1.29 is 28.6 Å². The van der Waals surface area contributed by atoms with Gasteiger partial charge < -0.3 is 14.2 Å². The highest BCUT2D eigenvalue weighted by Gasteiger charge is 2.19. The van der Waals surface area contributed by atoms with Gasteiger partial charge in [0, 0.05) is 19.3 Å². The van der Waals surface area contributed by atoms with Gasteiger partial charge in [0.2, 0.25) is 0 Å². The summed E-state index contributed by atoms with van der Waals surface area (Å²) in [4.78, 5) is 37.9. The lowest BCUT2D eigenvalue weighted by atomic mass is 10.0. The second-order valence-corrected chi connectivity index (χ2v) is 17.4.